The van der Waals surface area contributed by atoms with Crippen LogP contribution >= 0.6 is 19.4 Å². The molecule has 0 spiro atoms. The Hall–Kier alpha value is -0.937. The standard InChI is InChI=1S/C20H25NO3S.2ClH.Ru/c1-14(2)24-20-9-7-6-8-19(20)21-13-17-10-11-18(12-16(17)5)25(22,23)15(3)4;;;/h5-12,14-15,21H,13H2,1-4H3;2*1H;/q;;;+2/p-2. The maximum absolute atomic E-state index is 12.5. The van der Waals surface area contributed by atoms with E-state index in [9.17, 15) is 8.42 Å². The zero-order chi connectivity index (χ0) is 20.9. The molecule has 0 aliphatic carbocycles. The average Bonchev–Trinajstić information content (AvgIpc) is 2.60. The summed E-state index contributed by atoms with van der Waals surface area (Å²) in [4.78, 5) is 0.282. The van der Waals surface area contributed by atoms with Gasteiger partial charge in [0.25, 0.3) is 0 Å². The van der Waals surface area contributed by atoms with Gasteiger partial charge in [-0.25, -0.2) is 0 Å². The minimum atomic E-state index is -3.37. The van der Waals surface area contributed by atoms with Gasteiger partial charge in [0, 0.05) is 0 Å². The molecule has 0 saturated heterocycles. The first-order valence-electron chi connectivity index (χ1n) is 8.80. The molecule has 156 valence electrons. The molecule has 0 bridgehead atoms. The van der Waals surface area contributed by atoms with E-state index in [1.54, 1.807) is 30.6 Å². The topological polar surface area (TPSA) is 55.4 Å². The molecule has 0 atom stereocenters. The van der Waals surface area contributed by atoms with Gasteiger partial charge in [-0.2, -0.15) is 0 Å². The van der Waals surface area contributed by atoms with Gasteiger partial charge in [0.1, 0.15) is 0 Å². The SMILES string of the molecule is CC(C)Oc1ccccc1NCc1ccc(S(=O)(=O)C(C)C)cc1[CH]=[Ru]([Cl])[Cl]. The molecule has 8 heteroatoms. The van der Waals surface area contributed by atoms with E-state index >= 15 is 0 Å². The summed E-state index contributed by atoms with van der Waals surface area (Å²) in [7, 11) is 8.78. The molecule has 28 heavy (non-hydrogen) atoms. The quantitative estimate of drug-likeness (QED) is 0.467. The molecule has 1 N–H and O–H groups in total. The fraction of sp³-hybridized carbons (Fsp3) is 0.350. The number of anilines is 1. The predicted molar refractivity (Wildman–Crippen MR) is 115 cm³/mol. The van der Waals surface area contributed by atoms with Crippen LogP contribution in [0.3, 0.4) is 0 Å². The monoisotopic (exact) mass is 531 g/mol. The van der Waals surface area contributed by atoms with Crippen molar-refractivity contribution in [1.82, 2.24) is 0 Å². The molecule has 0 saturated carbocycles. The average molecular weight is 531 g/mol. The van der Waals surface area contributed by atoms with Crippen LogP contribution in [0, 0.1) is 0 Å². The number of hydrogen-bond donors (Lipinski definition) is 1. The summed E-state index contributed by atoms with van der Waals surface area (Å²) in [5.41, 5.74) is 2.54. The number of ether oxygens (including phenoxy) is 1. The van der Waals surface area contributed by atoms with Crippen LogP contribution < -0.4 is 10.1 Å². The Balaban J connectivity index is 2.35. The van der Waals surface area contributed by atoms with E-state index in [4.69, 9.17) is 24.1 Å². The molecular formula is C20H25Cl2NO3RuS. The molecule has 2 aromatic carbocycles. The Morgan fingerprint density at radius 1 is 1.11 bits per heavy atom. The van der Waals surface area contributed by atoms with E-state index in [0.29, 0.717) is 6.54 Å². The Bertz CT molecular complexity index is 956. The Kier molecular flexibility index (Phi) is 8.50. The Morgan fingerprint density at radius 2 is 1.79 bits per heavy atom. The molecule has 2 rings (SSSR count). The van der Waals surface area contributed by atoms with Crippen molar-refractivity contribution >= 4 is 39.5 Å². The molecular weight excluding hydrogens is 506 g/mol. The van der Waals surface area contributed by atoms with Crippen molar-refractivity contribution in [3.63, 3.8) is 0 Å². The number of nitrogens with one attached hydrogen (secondary N) is 1. The molecule has 0 aliphatic heterocycles. The number of benzene rings is 2. The van der Waals surface area contributed by atoms with E-state index in [1.165, 1.54) is 0 Å². The van der Waals surface area contributed by atoms with Gasteiger partial charge in [-0.1, -0.05) is 0 Å². The second-order valence-corrected chi connectivity index (χ2v) is 15.0. The van der Waals surface area contributed by atoms with Crippen molar-refractivity contribution in [2.45, 2.75) is 50.5 Å². The van der Waals surface area contributed by atoms with Crippen LogP contribution in [0.2, 0.25) is 0 Å². The third kappa shape index (κ3) is 6.28. The number of sulfone groups is 1. The van der Waals surface area contributed by atoms with Gasteiger partial charge in [-0.15, -0.1) is 0 Å². The van der Waals surface area contributed by atoms with Crippen molar-refractivity contribution in [3.05, 3.63) is 53.6 Å². The van der Waals surface area contributed by atoms with Crippen LogP contribution in [-0.2, 0) is 29.9 Å². The summed E-state index contributed by atoms with van der Waals surface area (Å²) in [5.74, 6) is 0.768. The van der Waals surface area contributed by atoms with Crippen LogP contribution in [0.5, 0.6) is 5.75 Å². The molecule has 0 aliphatic rings. The third-order valence-electron chi connectivity index (χ3n) is 3.97. The first kappa shape index (κ1) is 23.3. The van der Waals surface area contributed by atoms with Crippen molar-refractivity contribution in [2.75, 3.05) is 5.32 Å². The number of rotatable bonds is 8. The van der Waals surface area contributed by atoms with Gasteiger partial charge >= 0.3 is 181 Å². The second-order valence-electron chi connectivity index (χ2n) is 6.78. The molecule has 0 radical (unpaired) electrons. The van der Waals surface area contributed by atoms with Gasteiger partial charge in [0.2, 0.25) is 0 Å². The summed E-state index contributed by atoms with van der Waals surface area (Å²) in [6.07, 6.45) is 0.0619. The zero-order valence-corrected chi connectivity index (χ0v) is 20.3. The van der Waals surface area contributed by atoms with Crippen LogP contribution in [0.25, 0.3) is 0 Å². The Morgan fingerprint density at radius 3 is 2.39 bits per heavy atom. The summed E-state index contributed by atoms with van der Waals surface area (Å²) in [6.45, 7) is 7.77. The molecule has 0 unspecified atom stereocenters. The summed E-state index contributed by atoms with van der Waals surface area (Å²) in [5, 5.41) is 2.87. The zero-order valence-electron chi connectivity index (χ0n) is 16.2. The van der Waals surface area contributed by atoms with Crippen LogP contribution in [-0.4, -0.2) is 24.4 Å². The molecule has 0 aromatic heterocycles. The van der Waals surface area contributed by atoms with Gasteiger partial charge < -0.3 is 0 Å². The number of hydrogen-bond acceptors (Lipinski definition) is 4. The molecule has 0 fully saturated rings. The summed E-state index contributed by atoms with van der Waals surface area (Å²) in [6, 6.07) is 12.8. The third-order valence-corrected chi connectivity index (χ3v) is 7.96. The first-order valence-corrected chi connectivity index (χ1v) is 15.8. The fourth-order valence-electron chi connectivity index (χ4n) is 2.52. The van der Waals surface area contributed by atoms with E-state index < -0.39 is 28.6 Å². The number of halogens is 2. The second kappa shape index (κ2) is 10.2. The van der Waals surface area contributed by atoms with Gasteiger partial charge in [0.05, 0.1) is 0 Å². The van der Waals surface area contributed by atoms with E-state index in [-0.39, 0.29) is 11.0 Å². The van der Waals surface area contributed by atoms with Crippen molar-refractivity contribution in [2.24, 2.45) is 0 Å². The van der Waals surface area contributed by atoms with Crippen LogP contribution in [0.15, 0.2) is 47.4 Å². The van der Waals surface area contributed by atoms with E-state index in [2.05, 4.69) is 5.32 Å². The van der Waals surface area contributed by atoms with E-state index in [0.717, 1.165) is 22.6 Å². The molecule has 0 amide bonds. The normalized spacial score (nSPS) is 12.2. The minimum absolute atomic E-state index is 0.0619. The van der Waals surface area contributed by atoms with Crippen LogP contribution in [0.1, 0.15) is 38.8 Å². The van der Waals surface area contributed by atoms with Crippen molar-refractivity contribution < 1.29 is 26.7 Å². The summed E-state index contributed by atoms with van der Waals surface area (Å²) < 4.78 is 32.6. The Labute approximate surface area is 180 Å². The number of para-hydroxylation sites is 2. The molecule has 2 aromatic rings. The van der Waals surface area contributed by atoms with Crippen molar-refractivity contribution in [1.29, 1.82) is 0 Å². The van der Waals surface area contributed by atoms with Gasteiger partial charge in [-0.3, -0.25) is 0 Å². The molecule has 0 heterocycles. The van der Waals surface area contributed by atoms with E-state index in [1.807, 2.05) is 44.2 Å². The van der Waals surface area contributed by atoms with Crippen molar-refractivity contribution in [3.8, 4) is 5.75 Å². The fourth-order valence-corrected chi connectivity index (χ4v) is 5.47. The van der Waals surface area contributed by atoms with Gasteiger partial charge in [0.15, 0.2) is 0 Å². The first-order chi connectivity index (χ1) is 13.1. The molecule has 4 nitrogen and oxygen atoms in total. The maximum atomic E-state index is 12.5. The summed E-state index contributed by atoms with van der Waals surface area (Å²) >= 11 is -2.12. The van der Waals surface area contributed by atoms with Crippen LogP contribution in [0.4, 0.5) is 5.69 Å². The van der Waals surface area contributed by atoms with Gasteiger partial charge in [-0.05, 0) is 0 Å². The predicted octanol–water partition coefficient (Wildman–Crippen LogP) is 5.34.